The van der Waals surface area contributed by atoms with Crippen molar-refractivity contribution in [3.63, 3.8) is 0 Å². The topological polar surface area (TPSA) is 120 Å². The number of carbonyl (C=O) groups excluding carboxylic acids is 3. The van der Waals surface area contributed by atoms with E-state index in [0.29, 0.717) is 22.6 Å². The standard InChI is InChI=1S/C19H19N5O4/c1-10-16(12(3)25)11(2)23-17(10)18(26)13(4)28-19(27)14-5-6-15(21-7-14)24-9-20-8-22-24/h5-9,13,23H,1-4H3/t13-/m0/s1. The number of esters is 1. The van der Waals surface area contributed by atoms with Crippen molar-refractivity contribution in [3.05, 3.63) is 59.1 Å². The zero-order valence-electron chi connectivity index (χ0n) is 15.9. The molecule has 1 N–H and O–H groups in total. The molecule has 0 aromatic carbocycles. The molecule has 1 atom stereocenters. The van der Waals surface area contributed by atoms with Crippen LogP contribution in [0.15, 0.2) is 31.0 Å². The second-order valence-electron chi connectivity index (χ2n) is 6.34. The van der Waals surface area contributed by atoms with Gasteiger partial charge in [0.1, 0.15) is 12.7 Å². The molecule has 3 heterocycles. The molecule has 0 fully saturated rings. The zero-order valence-corrected chi connectivity index (χ0v) is 15.9. The molecule has 9 nitrogen and oxygen atoms in total. The normalized spacial score (nSPS) is 11.9. The van der Waals surface area contributed by atoms with Crippen molar-refractivity contribution in [1.82, 2.24) is 24.7 Å². The molecule has 0 aliphatic rings. The van der Waals surface area contributed by atoms with Crippen molar-refractivity contribution >= 4 is 17.5 Å². The molecule has 144 valence electrons. The van der Waals surface area contributed by atoms with Gasteiger partial charge in [0.2, 0.25) is 5.78 Å². The largest absolute Gasteiger partial charge is 0.451 e. The molecule has 3 aromatic rings. The molecule has 0 radical (unpaired) electrons. The SMILES string of the molecule is CC(=O)c1c(C)[nH]c(C(=O)[C@H](C)OC(=O)c2ccc(-n3cncn3)nc2)c1C. The van der Waals surface area contributed by atoms with Crippen LogP contribution in [0.25, 0.3) is 5.82 Å². The number of Topliss-reactive ketones (excluding diaryl/α,β-unsaturated/α-hetero) is 2. The summed E-state index contributed by atoms with van der Waals surface area (Å²) in [4.78, 5) is 47.6. The van der Waals surface area contributed by atoms with E-state index in [4.69, 9.17) is 4.74 Å². The number of H-pyrrole nitrogens is 1. The summed E-state index contributed by atoms with van der Waals surface area (Å²) >= 11 is 0. The van der Waals surface area contributed by atoms with E-state index in [2.05, 4.69) is 20.1 Å². The van der Waals surface area contributed by atoms with Gasteiger partial charge in [-0.05, 0) is 45.4 Å². The molecule has 0 aliphatic carbocycles. The fraction of sp³-hybridized carbons (Fsp3) is 0.263. The molecule has 0 saturated carbocycles. The lowest BCUT2D eigenvalue weighted by Crippen LogP contribution is -2.25. The lowest BCUT2D eigenvalue weighted by molar-refractivity contribution is 0.0316. The van der Waals surface area contributed by atoms with E-state index >= 15 is 0 Å². The van der Waals surface area contributed by atoms with Crippen LogP contribution in [0.4, 0.5) is 0 Å². The molecule has 3 rings (SSSR count). The molecule has 0 spiro atoms. The minimum Gasteiger partial charge on any atom is -0.451 e. The minimum atomic E-state index is -1.03. The number of hydrogen-bond donors (Lipinski definition) is 1. The fourth-order valence-corrected chi connectivity index (χ4v) is 2.98. The lowest BCUT2D eigenvalue weighted by Gasteiger charge is -2.12. The highest BCUT2D eigenvalue weighted by molar-refractivity contribution is 6.05. The van der Waals surface area contributed by atoms with Gasteiger partial charge in [-0.15, -0.1) is 0 Å². The van der Waals surface area contributed by atoms with Gasteiger partial charge in [-0.25, -0.2) is 19.4 Å². The molecule has 3 aromatic heterocycles. The summed E-state index contributed by atoms with van der Waals surface area (Å²) in [7, 11) is 0. The summed E-state index contributed by atoms with van der Waals surface area (Å²) in [6.07, 6.45) is 3.17. The highest BCUT2D eigenvalue weighted by atomic mass is 16.5. The van der Waals surface area contributed by atoms with Crippen molar-refractivity contribution in [2.75, 3.05) is 0 Å². The number of nitrogens with one attached hydrogen (secondary N) is 1. The van der Waals surface area contributed by atoms with Gasteiger partial charge in [-0.3, -0.25) is 9.59 Å². The Morgan fingerprint density at radius 1 is 1.21 bits per heavy atom. The van der Waals surface area contributed by atoms with Crippen molar-refractivity contribution in [2.45, 2.75) is 33.8 Å². The first kappa shape index (κ1) is 19.2. The van der Waals surface area contributed by atoms with Gasteiger partial charge >= 0.3 is 5.97 Å². The van der Waals surface area contributed by atoms with Crippen molar-refractivity contribution in [2.24, 2.45) is 0 Å². The van der Waals surface area contributed by atoms with E-state index in [9.17, 15) is 14.4 Å². The highest BCUT2D eigenvalue weighted by Crippen LogP contribution is 2.20. The average Bonchev–Trinajstić information content (AvgIpc) is 3.29. The Bertz CT molecular complexity index is 1040. The third-order valence-electron chi connectivity index (χ3n) is 4.33. The predicted octanol–water partition coefficient (Wildman–Crippen LogP) is 2.24. The Kier molecular flexibility index (Phi) is 5.16. The molecule has 0 bridgehead atoms. The van der Waals surface area contributed by atoms with Gasteiger partial charge in [0.25, 0.3) is 0 Å². The number of hydrogen-bond acceptors (Lipinski definition) is 7. The number of rotatable bonds is 6. The van der Waals surface area contributed by atoms with Crippen LogP contribution in [0.1, 0.15) is 56.3 Å². The van der Waals surface area contributed by atoms with E-state index in [0.717, 1.165) is 0 Å². The second-order valence-corrected chi connectivity index (χ2v) is 6.34. The lowest BCUT2D eigenvalue weighted by atomic mass is 10.0. The second kappa shape index (κ2) is 7.55. The molecule has 0 aliphatic heterocycles. The molecule has 9 heteroatoms. The van der Waals surface area contributed by atoms with Crippen LogP contribution >= 0.6 is 0 Å². The molecular weight excluding hydrogens is 362 g/mol. The average molecular weight is 381 g/mol. The predicted molar refractivity (Wildman–Crippen MR) is 98.6 cm³/mol. The van der Waals surface area contributed by atoms with Crippen LogP contribution in [0, 0.1) is 13.8 Å². The number of nitrogens with zero attached hydrogens (tertiary/aromatic N) is 4. The van der Waals surface area contributed by atoms with Crippen LogP contribution in [-0.4, -0.2) is 48.4 Å². The van der Waals surface area contributed by atoms with Gasteiger partial charge in [0.15, 0.2) is 17.7 Å². The van der Waals surface area contributed by atoms with Crippen LogP contribution in [0.3, 0.4) is 0 Å². The molecule has 0 unspecified atom stereocenters. The molecule has 0 saturated heterocycles. The number of pyridine rings is 1. The Balaban J connectivity index is 1.73. The Morgan fingerprint density at radius 2 is 1.96 bits per heavy atom. The maximum Gasteiger partial charge on any atom is 0.340 e. The summed E-state index contributed by atoms with van der Waals surface area (Å²) in [5, 5.41) is 3.95. The van der Waals surface area contributed by atoms with E-state index < -0.39 is 17.9 Å². The third-order valence-corrected chi connectivity index (χ3v) is 4.33. The van der Waals surface area contributed by atoms with Gasteiger partial charge in [-0.1, -0.05) is 0 Å². The van der Waals surface area contributed by atoms with Crippen LogP contribution in [-0.2, 0) is 4.74 Å². The first-order valence-electron chi connectivity index (χ1n) is 8.56. The zero-order chi connectivity index (χ0) is 20.4. The van der Waals surface area contributed by atoms with Crippen molar-refractivity contribution < 1.29 is 19.1 Å². The third kappa shape index (κ3) is 3.59. The first-order valence-corrected chi connectivity index (χ1v) is 8.56. The summed E-state index contributed by atoms with van der Waals surface area (Å²) in [6, 6.07) is 3.12. The molecule has 28 heavy (non-hydrogen) atoms. The van der Waals surface area contributed by atoms with Gasteiger partial charge < -0.3 is 9.72 Å². The smallest absolute Gasteiger partial charge is 0.340 e. The van der Waals surface area contributed by atoms with E-state index in [1.807, 2.05) is 0 Å². The monoisotopic (exact) mass is 381 g/mol. The Morgan fingerprint density at radius 3 is 2.50 bits per heavy atom. The van der Waals surface area contributed by atoms with Gasteiger partial charge in [-0.2, -0.15) is 5.10 Å². The van der Waals surface area contributed by atoms with Crippen LogP contribution in [0.5, 0.6) is 0 Å². The quantitative estimate of drug-likeness (QED) is 0.513. The number of carbonyl (C=O) groups is 3. The first-order chi connectivity index (χ1) is 13.3. The number of ether oxygens (including phenoxy) is 1. The summed E-state index contributed by atoms with van der Waals surface area (Å²) < 4.78 is 6.73. The van der Waals surface area contributed by atoms with Crippen molar-refractivity contribution in [1.29, 1.82) is 0 Å². The van der Waals surface area contributed by atoms with Gasteiger partial charge in [0.05, 0.1) is 11.3 Å². The Hall–Kier alpha value is -3.62. The summed E-state index contributed by atoms with van der Waals surface area (Å²) in [5.41, 5.74) is 2.11. The van der Waals surface area contributed by atoms with Crippen molar-refractivity contribution in [3.8, 4) is 5.82 Å². The molecule has 0 amide bonds. The summed E-state index contributed by atoms with van der Waals surface area (Å²) in [6.45, 7) is 6.34. The van der Waals surface area contributed by atoms with Crippen LogP contribution < -0.4 is 0 Å². The number of aryl methyl sites for hydroxylation is 1. The van der Waals surface area contributed by atoms with Gasteiger partial charge in [0, 0.05) is 17.5 Å². The number of aromatic nitrogens is 5. The fourth-order valence-electron chi connectivity index (χ4n) is 2.98. The molecular formula is C19H19N5O4. The van der Waals surface area contributed by atoms with E-state index in [1.54, 1.807) is 19.9 Å². The Labute approximate surface area is 160 Å². The van der Waals surface area contributed by atoms with Crippen LogP contribution in [0.2, 0.25) is 0 Å². The number of aromatic amines is 1. The van der Waals surface area contributed by atoms with E-state index in [1.165, 1.54) is 43.4 Å². The number of ketones is 2. The summed E-state index contributed by atoms with van der Waals surface area (Å²) in [5.74, 6) is -0.722. The van der Waals surface area contributed by atoms with E-state index in [-0.39, 0.29) is 17.0 Å². The maximum absolute atomic E-state index is 12.7. The maximum atomic E-state index is 12.7. The minimum absolute atomic E-state index is 0.131. The highest BCUT2D eigenvalue weighted by Gasteiger charge is 2.26.